The molecule has 1 unspecified atom stereocenters. The quantitative estimate of drug-likeness (QED) is 0.327. The Bertz CT molecular complexity index is 556. The second-order valence-corrected chi connectivity index (χ2v) is 6.49. The van der Waals surface area contributed by atoms with E-state index < -0.39 is 17.9 Å². The number of esters is 1. The van der Waals surface area contributed by atoms with E-state index in [9.17, 15) is 14.4 Å². The lowest BCUT2D eigenvalue weighted by Gasteiger charge is -2.15. The molecule has 0 fully saturated rings. The first-order chi connectivity index (χ1) is 12.6. The highest BCUT2D eigenvalue weighted by Crippen LogP contribution is 2.11. The third-order valence-electron chi connectivity index (χ3n) is 4.35. The molecule has 1 atom stereocenters. The number of rotatable bonds is 13. The average Bonchev–Trinajstić information content (AvgIpc) is 2.67. The van der Waals surface area contributed by atoms with Crippen molar-refractivity contribution in [1.82, 2.24) is 5.32 Å². The van der Waals surface area contributed by atoms with Crippen molar-refractivity contribution < 1.29 is 19.1 Å². The monoisotopic (exact) mass is 361 g/mol. The fraction of sp³-hybridized carbons (Fsp3) is 0.571. The lowest BCUT2D eigenvalue weighted by Crippen LogP contribution is -2.47. The summed E-state index contributed by atoms with van der Waals surface area (Å²) in [5.41, 5.74) is 0.404. The highest BCUT2D eigenvalue weighted by molar-refractivity contribution is 6.08. The van der Waals surface area contributed by atoms with Crippen molar-refractivity contribution in [3.63, 3.8) is 0 Å². The van der Waals surface area contributed by atoms with Gasteiger partial charge in [0.2, 0.25) is 0 Å². The van der Waals surface area contributed by atoms with E-state index >= 15 is 0 Å². The number of ketones is 1. The maximum absolute atomic E-state index is 12.4. The van der Waals surface area contributed by atoms with E-state index in [1.54, 1.807) is 30.3 Å². The zero-order valence-corrected chi connectivity index (χ0v) is 16.0. The van der Waals surface area contributed by atoms with Crippen LogP contribution in [0.2, 0.25) is 0 Å². The number of Topliss-reactive ketones (excluding diaryl/α,β-unsaturated/α-hetero) is 1. The average molecular weight is 361 g/mol. The summed E-state index contributed by atoms with van der Waals surface area (Å²) < 4.78 is 4.68. The number of hydrogen-bond acceptors (Lipinski definition) is 4. The molecule has 0 aliphatic heterocycles. The summed E-state index contributed by atoms with van der Waals surface area (Å²) >= 11 is 0. The molecule has 1 N–H and O–H groups in total. The van der Waals surface area contributed by atoms with Gasteiger partial charge < -0.3 is 10.1 Å². The Labute approximate surface area is 156 Å². The zero-order valence-electron chi connectivity index (χ0n) is 16.0. The van der Waals surface area contributed by atoms with E-state index in [0.29, 0.717) is 5.56 Å². The van der Waals surface area contributed by atoms with Crippen LogP contribution in [0.3, 0.4) is 0 Å². The number of benzene rings is 1. The van der Waals surface area contributed by atoms with Crippen LogP contribution < -0.4 is 5.32 Å². The zero-order chi connectivity index (χ0) is 19.2. The van der Waals surface area contributed by atoms with Crippen LogP contribution in [-0.2, 0) is 14.3 Å². The Morgan fingerprint density at radius 3 is 2.08 bits per heavy atom. The van der Waals surface area contributed by atoms with E-state index in [2.05, 4.69) is 17.0 Å². The molecule has 0 aromatic heterocycles. The van der Waals surface area contributed by atoms with Gasteiger partial charge in [-0.05, 0) is 18.6 Å². The van der Waals surface area contributed by atoms with Crippen molar-refractivity contribution in [2.24, 2.45) is 0 Å². The number of methoxy groups -OCH3 is 1. The van der Waals surface area contributed by atoms with E-state index in [4.69, 9.17) is 0 Å². The Hall–Kier alpha value is -2.17. The first kappa shape index (κ1) is 21.9. The molecule has 0 aliphatic rings. The SMILES string of the molecule is CCCCCCCCCCC(=O)C(NC(=O)c1ccccc1)C(=O)OC. The largest absolute Gasteiger partial charge is 0.467 e. The molecule has 144 valence electrons. The van der Waals surface area contributed by atoms with E-state index in [-0.39, 0.29) is 12.2 Å². The van der Waals surface area contributed by atoms with Crippen LogP contribution in [0.15, 0.2) is 30.3 Å². The summed E-state index contributed by atoms with van der Waals surface area (Å²) in [6.45, 7) is 2.19. The molecule has 0 radical (unpaired) electrons. The van der Waals surface area contributed by atoms with Crippen LogP contribution in [0.4, 0.5) is 0 Å². The molecule has 26 heavy (non-hydrogen) atoms. The van der Waals surface area contributed by atoms with Crippen molar-refractivity contribution >= 4 is 17.7 Å². The summed E-state index contributed by atoms with van der Waals surface area (Å²) in [6, 6.07) is 7.27. The first-order valence-electron chi connectivity index (χ1n) is 9.56. The molecule has 0 saturated heterocycles. The highest BCUT2D eigenvalue weighted by Gasteiger charge is 2.28. The number of nitrogens with one attached hydrogen (secondary N) is 1. The molecule has 0 bridgehead atoms. The molecular formula is C21H31NO4. The lowest BCUT2D eigenvalue weighted by molar-refractivity contribution is -0.146. The number of unbranched alkanes of at least 4 members (excludes halogenated alkanes) is 7. The van der Waals surface area contributed by atoms with Crippen molar-refractivity contribution in [2.45, 2.75) is 70.8 Å². The summed E-state index contributed by atoms with van der Waals surface area (Å²) in [5, 5.41) is 2.50. The van der Waals surface area contributed by atoms with Crippen LogP contribution in [0, 0.1) is 0 Å². The smallest absolute Gasteiger partial charge is 0.336 e. The van der Waals surface area contributed by atoms with Gasteiger partial charge in [0.1, 0.15) is 0 Å². The normalized spacial score (nSPS) is 11.6. The van der Waals surface area contributed by atoms with Gasteiger partial charge in [0.25, 0.3) is 5.91 Å². The fourth-order valence-corrected chi connectivity index (χ4v) is 2.77. The van der Waals surface area contributed by atoms with Crippen molar-refractivity contribution in [3.8, 4) is 0 Å². The minimum Gasteiger partial charge on any atom is -0.467 e. The van der Waals surface area contributed by atoms with Crippen LogP contribution >= 0.6 is 0 Å². The first-order valence-corrected chi connectivity index (χ1v) is 9.56. The predicted molar refractivity (Wildman–Crippen MR) is 102 cm³/mol. The maximum Gasteiger partial charge on any atom is 0.336 e. The molecule has 0 saturated carbocycles. The molecule has 1 amide bonds. The summed E-state index contributed by atoms with van der Waals surface area (Å²) in [4.78, 5) is 36.5. The summed E-state index contributed by atoms with van der Waals surface area (Å²) in [6.07, 6.45) is 9.24. The van der Waals surface area contributed by atoms with Gasteiger partial charge in [-0.25, -0.2) is 4.79 Å². The van der Waals surface area contributed by atoms with Gasteiger partial charge in [-0.3, -0.25) is 9.59 Å². The molecule has 5 heteroatoms. The number of carbonyl (C=O) groups is 3. The van der Waals surface area contributed by atoms with E-state index in [1.807, 2.05) is 0 Å². The van der Waals surface area contributed by atoms with Gasteiger partial charge in [0, 0.05) is 12.0 Å². The fourth-order valence-electron chi connectivity index (χ4n) is 2.77. The molecule has 0 aliphatic carbocycles. The number of carbonyl (C=O) groups excluding carboxylic acids is 3. The molecule has 1 aromatic carbocycles. The lowest BCUT2D eigenvalue weighted by atomic mass is 10.0. The van der Waals surface area contributed by atoms with E-state index in [0.717, 1.165) is 19.3 Å². The van der Waals surface area contributed by atoms with Gasteiger partial charge >= 0.3 is 5.97 Å². The molecular weight excluding hydrogens is 330 g/mol. The van der Waals surface area contributed by atoms with Crippen molar-refractivity contribution in [1.29, 1.82) is 0 Å². The minimum absolute atomic E-state index is 0.268. The number of hydrogen-bond donors (Lipinski definition) is 1. The van der Waals surface area contributed by atoms with Gasteiger partial charge in [0.05, 0.1) is 7.11 Å². The molecule has 0 spiro atoms. The highest BCUT2D eigenvalue weighted by atomic mass is 16.5. The third-order valence-corrected chi connectivity index (χ3v) is 4.35. The van der Waals surface area contributed by atoms with Crippen molar-refractivity contribution in [3.05, 3.63) is 35.9 Å². The molecule has 0 heterocycles. The Morgan fingerprint density at radius 1 is 0.923 bits per heavy atom. The van der Waals surface area contributed by atoms with E-state index in [1.165, 1.54) is 39.2 Å². The van der Waals surface area contributed by atoms with Gasteiger partial charge in [-0.1, -0.05) is 70.1 Å². The van der Waals surface area contributed by atoms with Crippen molar-refractivity contribution in [2.75, 3.05) is 7.11 Å². The topological polar surface area (TPSA) is 72.5 Å². The maximum atomic E-state index is 12.4. The third kappa shape index (κ3) is 8.28. The Morgan fingerprint density at radius 2 is 1.50 bits per heavy atom. The van der Waals surface area contributed by atoms with Crippen LogP contribution in [-0.4, -0.2) is 30.8 Å². The van der Waals surface area contributed by atoms with Gasteiger partial charge in [-0.2, -0.15) is 0 Å². The summed E-state index contributed by atoms with van der Waals surface area (Å²) in [5.74, 6) is -1.48. The van der Waals surface area contributed by atoms with Gasteiger partial charge in [-0.15, -0.1) is 0 Å². The second kappa shape index (κ2) is 13.1. The minimum atomic E-state index is -1.24. The Balaban J connectivity index is 2.41. The molecule has 5 nitrogen and oxygen atoms in total. The molecule has 1 aromatic rings. The molecule has 1 rings (SSSR count). The number of ether oxygens (including phenoxy) is 1. The predicted octanol–water partition coefficient (Wildman–Crippen LogP) is 4.06. The van der Waals surface area contributed by atoms with Gasteiger partial charge in [0.15, 0.2) is 11.8 Å². The standard InChI is InChI=1S/C21H31NO4/c1-3-4-5-6-7-8-9-13-16-18(23)19(21(25)26-2)22-20(24)17-14-11-10-12-15-17/h10-12,14-15,19H,3-9,13,16H2,1-2H3,(H,22,24). The Kier molecular flexibility index (Phi) is 11.0. The van der Waals surface area contributed by atoms with Crippen LogP contribution in [0.1, 0.15) is 75.1 Å². The number of amides is 1. The second-order valence-electron chi connectivity index (χ2n) is 6.49. The van der Waals surface area contributed by atoms with Crippen LogP contribution in [0.25, 0.3) is 0 Å². The summed E-state index contributed by atoms with van der Waals surface area (Å²) in [7, 11) is 1.22. The van der Waals surface area contributed by atoms with Crippen LogP contribution in [0.5, 0.6) is 0 Å².